The van der Waals surface area contributed by atoms with Crippen LogP contribution in [0.3, 0.4) is 0 Å². The van der Waals surface area contributed by atoms with Gasteiger partial charge in [0.1, 0.15) is 12.4 Å². The van der Waals surface area contributed by atoms with Crippen LogP contribution in [0.5, 0.6) is 0 Å². The van der Waals surface area contributed by atoms with Crippen molar-refractivity contribution in [2.24, 2.45) is 0 Å². The molecular weight excluding hydrogens is 279 g/mol. The lowest BCUT2D eigenvalue weighted by Gasteiger charge is -2.09. The van der Waals surface area contributed by atoms with E-state index in [1.165, 1.54) is 11.6 Å². The van der Waals surface area contributed by atoms with E-state index in [2.05, 4.69) is 10.1 Å². The Bertz CT molecular complexity index is 603. The highest BCUT2D eigenvalue weighted by Crippen LogP contribution is 2.42. The number of hydrogen-bond donors (Lipinski definition) is 0. The van der Waals surface area contributed by atoms with Gasteiger partial charge in [0.05, 0.1) is 5.75 Å². The predicted molar refractivity (Wildman–Crippen MR) is 73.8 cm³/mol. The average Bonchev–Trinajstić information content (AvgIpc) is 3.03. The molecule has 20 heavy (non-hydrogen) atoms. The quantitative estimate of drug-likeness (QED) is 0.847. The Morgan fingerprint density at radius 2 is 2.40 bits per heavy atom. The standard InChI is InChI=1S/C14H15FN2O2S/c1-18-7-13-16-14(19-17-13)8-20-12-5-3-9-2-4-10(15)6-11(9)12/h2,4,6,12H,3,5,7-8H2,1H3. The van der Waals surface area contributed by atoms with Crippen molar-refractivity contribution >= 4 is 11.8 Å². The Morgan fingerprint density at radius 3 is 3.25 bits per heavy atom. The Hall–Kier alpha value is -1.40. The number of aryl methyl sites for hydroxylation is 1. The summed E-state index contributed by atoms with van der Waals surface area (Å²) in [6, 6.07) is 5.06. The lowest BCUT2D eigenvalue weighted by Crippen LogP contribution is -1.92. The normalized spacial score (nSPS) is 17.4. The Morgan fingerprint density at radius 1 is 1.50 bits per heavy atom. The predicted octanol–water partition coefficient (Wildman–Crippen LogP) is 3.28. The zero-order valence-corrected chi connectivity index (χ0v) is 12.0. The van der Waals surface area contributed by atoms with Crippen molar-refractivity contribution in [1.29, 1.82) is 0 Å². The van der Waals surface area contributed by atoms with Gasteiger partial charge in [-0.1, -0.05) is 11.2 Å². The number of benzene rings is 1. The molecule has 0 saturated carbocycles. The van der Waals surface area contributed by atoms with Gasteiger partial charge in [0, 0.05) is 12.4 Å². The second-order valence-corrected chi connectivity index (χ2v) is 5.91. The van der Waals surface area contributed by atoms with Gasteiger partial charge < -0.3 is 9.26 Å². The van der Waals surface area contributed by atoms with Gasteiger partial charge in [0.25, 0.3) is 0 Å². The third-order valence-electron chi connectivity index (χ3n) is 3.32. The highest BCUT2D eigenvalue weighted by molar-refractivity contribution is 7.98. The fourth-order valence-corrected chi connectivity index (χ4v) is 3.56. The SMILES string of the molecule is COCc1noc(CSC2CCc3ccc(F)cc32)n1. The summed E-state index contributed by atoms with van der Waals surface area (Å²) in [5, 5.41) is 4.13. The van der Waals surface area contributed by atoms with Gasteiger partial charge in [-0.3, -0.25) is 0 Å². The molecule has 1 unspecified atom stereocenters. The molecular formula is C14H15FN2O2S. The van der Waals surface area contributed by atoms with Crippen LogP contribution in [-0.2, 0) is 23.5 Å². The van der Waals surface area contributed by atoms with Crippen molar-refractivity contribution in [3.05, 3.63) is 46.9 Å². The summed E-state index contributed by atoms with van der Waals surface area (Å²) >= 11 is 1.72. The number of halogens is 1. The smallest absolute Gasteiger partial charge is 0.236 e. The van der Waals surface area contributed by atoms with Crippen LogP contribution in [0, 0.1) is 5.82 Å². The Labute approximate surface area is 120 Å². The molecule has 1 aromatic carbocycles. The number of thioether (sulfide) groups is 1. The van der Waals surface area contributed by atoms with Gasteiger partial charge in [-0.25, -0.2) is 4.39 Å². The topological polar surface area (TPSA) is 48.2 Å². The second-order valence-electron chi connectivity index (χ2n) is 4.72. The molecule has 3 rings (SSSR count). The maximum absolute atomic E-state index is 13.3. The summed E-state index contributed by atoms with van der Waals surface area (Å²) in [6.45, 7) is 0.353. The molecule has 0 radical (unpaired) electrons. The zero-order valence-electron chi connectivity index (χ0n) is 11.1. The minimum Gasteiger partial charge on any atom is -0.377 e. The number of methoxy groups -OCH3 is 1. The van der Waals surface area contributed by atoms with E-state index in [0.717, 1.165) is 18.4 Å². The molecule has 2 aromatic rings. The van der Waals surface area contributed by atoms with Gasteiger partial charge in [-0.05, 0) is 36.1 Å². The molecule has 1 heterocycles. The molecule has 0 amide bonds. The van der Waals surface area contributed by atoms with Crippen LogP contribution in [0.15, 0.2) is 22.7 Å². The number of hydrogen-bond acceptors (Lipinski definition) is 5. The second kappa shape index (κ2) is 5.93. The van der Waals surface area contributed by atoms with Crippen molar-refractivity contribution in [1.82, 2.24) is 10.1 Å². The van der Waals surface area contributed by atoms with E-state index in [1.54, 1.807) is 24.9 Å². The van der Waals surface area contributed by atoms with E-state index in [9.17, 15) is 4.39 Å². The van der Waals surface area contributed by atoms with Gasteiger partial charge in [0.15, 0.2) is 5.82 Å². The maximum atomic E-state index is 13.3. The molecule has 0 fully saturated rings. The van der Waals surface area contributed by atoms with Crippen molar-refractivity contribution in [3.63, 3.8) is 0 Å². The lowest BCUT2D eigenvalue weighted by atomic mass is 10.1. The Kier molecular flexibility index (Phi) is 4.03. The molecule has 4 nitrogen and oxygen atoms in total. The van der Waals surface area contributed by atoms with Crippen LogP contribution < -0.4 is 0 Å². The first-order valence-electron chi connectivity index (χ1n) is 6.46. The van der Waals surface area contributed by atoms with Crippen LogP contribution in [0.25, 0.3) is 0 Å². The number of nitrogens with zero attached hydrogens (tertiary/aromatic N) is 2. The molecule has 1 atom stereocenters. The molecule has 6 heteroatoms. The fraction of sp³-hybridized carbons (Fsp3) is 0.429. The highest BCUT2D eigenvalue weighted by Gasteiger charge is 2.24. The van der Waals surface area contributed by atoms with Crippen molar-refractivity contribution in [2.75, 3.05) is 7.11 Å². The summed E-state index contributed by atoms with van der Waals surface area (Å²) < 4.78 is 23.4. The number of rotatable bonds is 5. The van der Waals surface area contributed by atoms with E-state index in [1.807, 2.05) is 6.07 Å². The van der Waals surface area contributed by atoms with Gasteiger partial charge >= 0.3 is 0 Å². The fourth-order valence-electron chi connectivity index (χ4n) is 2.42. The minimum atomic E-state index is -0.170. The van der Waals surface area contributed by atoms with E-state index >= 15 is 0 Å². The van der Waals surface area contributed by atoms with Crippen LogP contribution in [0.1, 0.15) is 34.5 Å². The molecule has 1 aromatic heterocycles. The van der Waals surface area contributed by atoms with Gasteiger partial charge in [-0.15, -0.1) is 11.8 Å². The van der Waals surface area contributed by atoms with Gasteiger partial charge in [0.2, 0.25) is 5.89 Å². The van der Waals surface area contributed by atoms with Crippen LogP contribution in [-0.4, -0.2) is 17.3 Å². The number of fused-ring (bicyclic) bond motifs is 1. The minimum absolute atomic E-state index is 0.170. The number of ether oxygens (including phenoxy) is 1. The van der Waals surface area contributed by atoms with E-state index in [0.29, 0.717) is 29.3 Å². The van der Waals surface area contributed by atoms with E-state index in [-0.39, 0.29) is 5.82 Å². The molecule has 1 aliphatic carbocycles. The van der Waals surface area contributed by atoms with E-state index < -0.39 is 0 Å². The lowest BCUT2D eigenvalue weighted by molar-refractivity contribution is 0.174. The molecule has 0 spiro atoms. The van der Waals surface area contributed by atoms with Crippen molar-refractivity contribution in [3.8, 4) is 0 Å². The number of aromatic nitrogens is 2. The van der Waals surface area contributed by atoms with E-state index in [4.69, 9.17) is 9.26 Å². The average molecular weight is 294 g/mol. The largest absolute Gasteiger partial charge is 0.377 e. The first-order valence-corrected chi connectivity index (χ1v) is 7.51. The third kappa shape index (κ3) is 2.86. The molecule has 1 aliphatic rings. The molecule has 0 bridgehead atoms. The first kappa shape index (κ1) is 13.6. The monoisotopic (exact) mass is 294 g/mol. The van der Waals surface area contributed by atoms with Crippen LogP contribution >= 0.6 is 11.8 Å². The summed E-state index contributed by atoms with van der Waals surface area (Å²) in [4.78, 5) is 4.24. The first-order chi connectivity index (χ1) is 9.76. The third-order valence-corrected chi connectivity index (χ3v) is 4.63. The zero-order chi connectivity index (χ0) is 13.9. The Balaban J connectivity index is 1.63. The van der Waals surface area contributed by atoms with Crippen LogP contribution in [0.2, 0.25) is 0 Å². The summed E-state index contributed by atoms with van der Waals surface area (Å²) in [6.07, 6.45) is 2.04. The molecule has 0 aliphatic heterocycles. The highest BCUT2D eigenvalue weighted by atomic mass is 32.2. The molecule has 106 valence electrons. The summed E-state index contributed by atoms with van der Waals surface area (Å²) in [5.41, 5.74) is 2.35. The van der Waals surface area contributed by atoms with Crippen molar-refractivity contribution < 1.29 is 13.7 Å². The van der Waals surface area contributed by atoms with Crippen molar-refractivity contribution in [2.45, 2.75) is 30.5 Å². The molecule has 0 N–H and O–H groups in total. The molecule has 0 saturated heterocycles. The van der Waals surface area contributed by atoms with Crippen LogP contribution in [0.4, 0.5) is 4.39 Å². The summed E-state index contributed by atoms with van der Waals surface area (Å²) in [7, 11) is 1.59. The maximum Gasteiger partial charge on any atom is 0.236 e. The van der Waals surface area contributed by atoms with Gasteiger partial charge in [-0.2, -0.15) is 4.98 Å². The summed E-state index contributed by atoms with van der Waals surface area (Å²) in [5.74, 6) is 1.61.